The molecule has 0 unspecified atom stereocenters. The smallest absolute Gasteiger partial charge is 0.233 e. The van der Waals surface area contributed by atoms with Crippen molar-refractivity contribution in [1.82, 2.24) is 15.3 Å². The van der Waals surface area contributed by atoms with Crippen molar-refractivity contribution >= 4 is 50.6 Å². The van der Waals surface area contributed by atoms with Crippen molar-refractivity contribution < 1.29 is 4.79 Å². The first-order valence-corrected chi connectivity index (χ1v) is 10.2. The molecule has 4 nitrogen and oxygen atoms in total. The summed E-state index contributed by atoms with van der Waals surface area (Å²) >= 11 is 4.84. The average molecular weight is 378 g/mol. The van der Waals surface area contributed by atoms with Gasteiger partial charge >= 0.3 is 0 Å². The molecule has 3 rings (SSSR count). The minimum Gasteiger partial charge on any atom is -0.350 e. The molecule has 3 aromatic rings. The number of carbonyl (C=O) groups excluding carboxylic acids is 1. The molecule has 0 saturated carbocycles. The second-order valence-corrected chi connectivity index (χ2v) is 9.16. The van der Waals surface area contributed by atoms with Crippen LogP contribution in [0, 0.1) is 20.8 Å². The lowest BCUT2D eigenvalue weighted by atomic mass is 10.2. The summed E-state index contributed by atoms with van der Waals surface area (Å²) in [4.78, 5) is 24.9. The summed E-state index contributed by atoms with van der Waals surface area (Å²) in [5, 5.41) is 6.80. The molecule has 0 saturated heterocycles. The topological polar surface area (TPSA) is 54.9 Å². The zero-order valence-corrected chi connectivity index (χ0v) is 16.5. The molecule has 3 aromatic heterocycles. The summed E-state index contributed by atoms with van der Waals surface area (Å²) in [6.45, 7) is 8.60. The molecular weight excluding hydrogens is 358 g/mol. The molecule has 1 amide bonds. The molecule has 7 heteroatoms. The quantitative estimate of drug-likeness (QED) is 0.526. The Hall–Kier alpha value is -1.44. The van der Waals surface area contributed by atoms with Gasteiger partial charge in [-0.15, -0.1) is 22.7 Å². The van der Waals surface area contributed by atoms with Crippen molar-refractivity contribution in [1.29, 1.82) is 0 Å². The fourth-order valence-electron chi connectivity index (χ4n) is 2.35. The molecule has 0 aromatic carbocycles. The van der Waals surface area contributed by atoms with E-state index in [2.05, 4.69) is 29.1 Å². The Morgan fingerprint density at radius 3 is 2.83 bits per heavy atom. The van der Waals surface area contributed by atoms with Gasteiger partial charge in [-0.05, 0) is 44.7 Å². The Morgan fingerprint density at radius 2 is 2.12 bits per heavy atom. The number of carbonyl (C=O) groups is 1. The Kier molecular flexibility index (Phi) is 5.22. The maximum Gasteiger partial charge on any atom is 0.233 e. The van der Waals surface area contributed by atoms with Gasteiger partial charge in [-0.25, -0.2) is 9.97 Å². The summed E-state index contributed by atoms with van der Waals surface area (Å²) in [6, 6.07) is 4.02. The van der Waals surface area contributed by atoms with Crippen LogP contribution in [0.3, 0.4) is 0 Å². The lowest BCUT2D eigenvalue weighted by Gasteiger charge is -2.12. The van der Waals surface area contributed by atoms with E-state index in [-0.39, 0.29) is 11.2 Å². The monoisotopic (exact) mass is 377 g/mol. The second kappa shape index (κ2) is 7.21. The van der Waals surface area contributed by atoms with E-state index < -0.39 is 0 Å². The van der Waals surface area contributed by atoms with Crippen LogP contribution < -0.4 is 5.32 Å². The maximum absolute atomic E-state index is 12.4. The fourth-order valence-corrected chi connectivity index (χ4v) is 5.21. The van der Waals surface area contributed by atoms with Crippen molar-refractivity contribution in [3.05, 3.63) is 38.7 Å². The minimum atomic E-state index is -0.206. The second-order valence-electron chi connectivity index (χ2n) is 5.60. The van der Waals surface area contributed by atoms with Crippen LogP contribution >= 0.6 is 34.4 Å². The molecule has 24 heavy (non-hydrogen) atoms. The number of amides is 1. The van der Waals surface area contributed by atoms with E-state index in [1.54, 1.807) is 22.7 Å². The molecule has 0 aliphatic heterocycles. The highest BCUT2D eigenvalue weighted by molar-refractivity contribution is 8.00. The Morgan fingerprint density at radius 1 is 1.33 bits per heavy atom. The van der Waals surface area contributed by atoms with Crippen LogP contribution in [-0.2, 0) is 11.3 Å². The molecule has 0 bridgehead atoms. The Labute approximate surface area is 153 Å². The van der Waals surface area contributed by atoms with Crippen LogP contribution in [0.5, 0.6) is 0 Å². The number of rotatable bonds is 5. The van der Waals surface area contributed by atoms with Gasteiger partial charge in [0.05, 0.1) is 11.8 Å². The molecule has 126 valence electrons. The van der Waals surface area contributed by atoms with Crippen LogP contribution in [0.4, 0.5) is 0 Å². The van der Waals surface area contributed by atoms with Gasteiger partial charge in [0.2, 0.25) is 5.91 Å². The molecular formula is C17H19N3OS3. The normalized spacial score (nSPS) is 12.5. The number of fused-ring (bicyclic) bond motifs is 1. The Bertz CT molecular complexity index is 871. The van der Waals surface area contributed by atoms with Crippen molar-refractivity contribution in [3.8, 4) is 0 Å². The number of thioether (sulfide) groups is 1. The summed E-state index contributed by atoms with van der Waals surface area (Å²) < 4.78 is 0. The van der Waals surface area contributed by atoms with Crippen LogP contribution in [-0.4, -0.2) is 21.1 Å². The van der Waals surface area contributed by atoms with Crippen molar-refractivity contribution in [3.63, 3.8) is 0 Å². The maximum atomic E-state index is 12.4. The fraction of sp³-hybridized carbons (Fsp3) is 0.353. The standard InChI is InChI=1S/C17H19N3OS3/c1-9-10(2)23-16-14(9)17(20-12(4)19-16)24-11(3)15(21)18-8-13-6-5-7-22-13/h5-7,11H,8H2,1-4H3,(H,18,21)/t11-/m1/s1. The SMILES string of the molecule is Cc1nc(S[C@H](C)C(=O)NCc2cccs2)c2c(C)c(C)sc2n1. The number of nitrogens with one attached hydrogen (secondary N) is 1. The predicted molar refractivity (Wildman–Crippen MR) is 103 cm³/mol. The highest BCUT2D eigenvalue weighted by Gasteiger charge is 2.20. The highest BCUT2D eigenvalue weighted by Crippen LogP contribution is 2.36. The van der Waals surface area contributed by atoms with E-state index in [0.29, 0.717) is 6.54 Å². The number of thiophene rings is 2. The summed E-state index contributed by atoms with van der Waals surface area (Å²) in [5.41, 5.74) is 1.21. The number of nitrogens with zero attached hydrogens (tertiary/aromatic N) is 2. The number of hydrogen-bond donors (Lipinski definition) is 1. The highest BCUT2D eigenvalue weighted by atomic mass is 32.2. The van der Waals surface area contributed by atoms with Gasteiger partial charge in [-0.2, -0.15) is 0 Å². The molecule has 1 N–H and O–H groups in total. The molecule has 0 aliphatic carbocycles. The van der Waals surface area contributed by atoms with Crippen LogP contribution in [0.1, 0.15) is 28.1 Å². The summed E-state index contributed by atoms with van der Waals surface area (Å²) in [6.07, 6.45) is 0. The van der Waals surface area contributed by atoms with Gasteiger partial charge in [-0.3, -0.25) is 4.79 Å². The molecule has 3 heterocycles. The van der Waals surface area contributed by atoms with Gasteiger partial charge in [0.1, 0.15) is 15.7 Å². The minimum absolute atomic E-state index is 0.0300. The van der Waals surface area contributed by atoms with E-state index in [1.165, 1.54) is 22.2 Å². The van der Waals surface area contributed by atoms with Crippen molar-refractivity contribution in [2.75, 3.05) is 0 Å². The molecule has 0 aliphatic rings. The number of aromatic nitrogens is 2. The number of hydrogen-bond acceptors (Lipinski definition) is 6. The van der Waals surface area contributed by atoms with E-state index in [0.717, 1.165) is 25.9 Å². The predicted octanol–water partition coefficient (Wildman–Crippen LogP) is 4.48. The van der Waals surface area contributed by atoms with Crippen LogP contribution in [0.25, 0.3) is 10.2 Å². The van der Waals surface area contributed by atoms with E-state index >= 15 is 0 Å². The van der Waals surface area contributed by atoms with E-state index in [1.807, 2.05) is 31.4 Å². The van der Waals surface area contributed by atoms with Crippen LogP contribution in [0.15, 0.2) is 22.5 Å². The number of aryl methyl sites for hydroxylation is 3. The van der Waals surface area contributed by atoms with Gasteiger partial charge in [-0.1, -0.05) is 17.8 Å². The van der Waals surface area contributed by atoms with Crippen molar-refractivity contribution in [2.24, 2.45) is 0 Å². The van der Waals surface area contributed by atoms with Crippen molar-refractivity contribution in [2.45, 2.75) is 44.5 Å². The largest absolute Gasteiger partial charge is 0.350 e. The van der Waals surface area contributed by atoms with Gasteiger partial charge < -0.3 is 5.32 Å². The third kappa shape index (κ3) is 3.63. The lowest BCUT2D eigenvalue weighted by Crippen LogP contribution is -2.30. The van der Waals surface area contributed by atoms with E-state index in [9.17, 15) is 4.79 Å². The Balaban J connectivity index is 1.77. The molecule has 1 atom stereocenters. The average Bonchev–Trinajstić information content (AvgIpc) is 3.13. The first-order valence-electron chi connectivity index (χ1n) is 7.66. The zero-order chi connectivity index (χ0) is 17.3. The first-order chi connectivity index (χ1) is 11.5. The van der Waals surface area contributed by atoms with E-state index in [4.69, 9.17) is 0 Å². The summed E-state index contributed by atoms with van der Waals surface area (Å²) in [7, 11) is 0. The van der Waals surface area contributed by atoms with Gasteiger partial charge in [0.25, 0.3) is 0 Å². The molecule has 0 spiro atoms. The van der Waals surface area contributed by atoms with Gasteiger partial charge in [0, 0.05) is 15.1 Å². The lowest BCUT2D eigenvalue weighted by molar-refractivity contribution is -0.120. The summed E-state index contributed by atoms with van der Waals surface area (Å²) in [5.74, 6) is 0.778. The third-order valence-corrected chi connectivity index (χ3v) is 6.85. The van der Waals surface area contributed by atoms with Gasteiger partial charge in [0.15, 0.2) is 0 Å². The molecule has 0 fully saturated rings. The first kappa shape index (κ1) is 17.4. The zero-order valence-electron chi connectivity index (χ0n) is 14.0. The molecule has 0 radical (unpaired) electrons. The third-order valence-electron chi connectivity index (χ3n) is 3.78. The van der Waals surface area contributed by atoms with Crippen LogP contribution in [0.2, 0.25) is 0 Å².